The third-order valence-electron chi connectivity index (χ3n) is 8.99. The number of carbonyl (C=O) groups excluding carboxylic acids is 1. The van der Waals surface area contributed by atoms with Gasteiger partial charge in [-0.25, -0.2) is 0 Å². The number of benzene rings is 1. The minimum absolute atomic E-state index is 0. The van der Waals surface area contributed by atoms with Gasteiger partial charge in [-0.1, -0.05) is 42.5 Å². The number of hydrogen-bond donors (Lipinski definition) is 0. The van der Waals surface area contributed by atoms with Crippen LogP contribution in [0.4, 0.5) is 0 Å². The average Bonchev–Trinajstić information content (AvgIpc) is 3.47. The van der Waals surface area contributed by atoms with E-state index in [2.05, 4.69) is 57.2 Å². The van der Waals surface area contributed by atoms with Crippen molar-refractivity contribution in [1.29, 1.82) is 0 Å². The van der Waals surface area contributed by atoms with Crippen molar-refractivity contribution in [2.75, 3.05) is 39.3 Å². The van der Waals surface area contributed by atoms with E-state index in [4.69, 9.17) is 0 Å². The van der Waals surface area contributed by atoms with E-state index in [0.717, 1.165) is 52.0 Å². The van der Waals surface area contributed by atoms with Gasteiger partial charge >= 0.3 is 0 Å². The fraction of sp³-hybridized carbons (Fsp3) is 0.654. The zero-order valence-electron chi connectivity index (χ0n) is 18.5. The first-order valence-corrected chi connectivity index (χ1v) is 12.2. The molecule has 1 aromatic rings. The Morgan fingerprint density at radius 2 is 1.65 bits per heavy atom. The average molecular weight is 442 g/mol. The van der Waals surface area contributed by atoms with E-state index in [9.17, 15) is 4.79 Å². The van der Waals surface area contributed by atoms with Gasteiger partial charge in [0.1, 0.15) is 0 Å². The van der Waals surface area contributed by atoms with Gasteiger partial charge in [-0.3, -0.25) is 14.6 Å². The van der Waals surface area contributed by atoms with Crippen LogP contribution in [-0.2, 0) is 11.3 Å². The van der Waals surface area contributed by atoms with Crippen LogP contribution < -0.4 is 0 Å². The molecule has 31 heavy (non-hydrogen) atoms. The summed E-state index contributed by atoms with van der Waals surface area (Å²) in [4.78, 5) is 20.8. The molecule has 1 aromatic carbocycles. The minimum atomic E-state index is 0. The maximum atomic E-state index is 13.3. The summed E-state index contributed by atoms with van der Waals surface area (Å²) in [6.07, 6.45) is 11.0. The highest BCUT2D eigenvalue weighted by Crippen LogP contribution is 2.70. The van der Waals surface area contributed by atoms with E-state index >= 15 is 0 Å². The number of nitrogens with zero attached hydrogens (tertiary/aromatic N) is 3. The van der Waals surface area contributed by atoms with E-state index in [1.165, 1.54) is 31.5 Å². The molecule has 3 aliphatic carbocycles. The third kappa shape index (κ3) is 3.85. The van der Waals surface area contributed by atoms with Crippen LogP contribution >= 0.6 is 12.4 Å². The Bertz CT molecular complexity index is 807. The summed E-state index contributed by atoms with van der Waals surface area (Å²) in [5.41, 5.74) is 1.94. The summed E-state index contributed by atoms with van der Waals surface area (Å²) in [6.45, 7) is 7.68. The molecular weight excluding hydrogens is 406 g/mol. The SMILES string of the molecule is Cl.O=C(C1CC2C=CC1C21CC1)N1CCC(N2CCN(Cc3ccccc3)CC2)CC1. The first kappa shape index (κ1) is 21.5. The van der Waals surface area contributed by atoms with Crippen LogP contribution in [0.25, 0.3) is 0 Å². The molecule has 2 saturated heterocycles. The summed E-state index contributed by atoms with van der Waals surface area (Å²) in [6, 6.07) is 11.5. The molecule has 5 aliphatic rings. The van der Waals surface area contributed by atoms with Gasteiger partial charge in [-0.05, 0) is 54.9 Å². The number of piperidine rings is 1. The van der Waals surface area contributed by atoms with Crippen molar-refractivity contribution in [1.82, 2.24) is 14.7 Å². The second-order valence-electron chi connectivity index (χ2n) is 10.4. The molecule has 2 bridgehead atoms. The molecule has 4 nitrogen and oxygen atoms in total. The highest BCUT2D eigenvalue weighted by Gasteiger charge is 2.64. The second-order valence-corrected chi connectivity index (χ2v) is 10.4. The number of hydrogen-bond acceptors (Lipinski definition) is 3. The first-order valence-electron chi connectivity index (χ1n) is 12.2. The van der Waals surface area contributed by atoms with Gasteiger partial charge in [0.25, 0.3) is 0 Å². The fourth-order valence-corrected chi connectivity index (χ4v) is 7.07. The lowest BCUT2D eigenvalue weighted by Crippen LogP contribution is -2.54. The molecule has 0 radical (unpaired) electrons. The van der Waals surface area contributed by atoms with Gasteiger partial charge < -0.3 is 4.90 Å². The van der Waals surface area contributed by atoms with Gasteiger partial charge in [0, 0.05) is 57.8 Å². The van der Waals surface area contributed by atoms with Crippen molar-refractivity contribution in [2.24, 2.45) is 23.2 Å². The van der Waals surface area contributed by atoms with E-state index in [1.807, 2.05) is 0 Å². The van der Waals surface area contributed by atoms with Gasteiger partial charge in [0.15, 0.2) is 0 Å². The molecule has 3 unspecified atom stereocenters. The molecule has 168 valence electrons. The van der Waals surface area contributed by atoms with E-state index in [-0.39, 0.29) is 12.4 Å². The van der Waals surface area contributed by atoms with Crippen LogP contribution in [0.5, 0.6) is 0 Å². The Balaban J connectivity index is 0.00000204. The van der Waals surface area contributed by atoms with Crippen LogP contribution in [-0.4, -0.2) is 65.9 Å². The van der Waals surface area contributed by atoms with E-state index in [0.29, 0.717) is 35.1 Å². The number of amides is 1. The highest BCUT2D eigenvalue weighted by molar-refractivity contribution is 5.85. The van der Waals surface area contributed by atoms with Gasteiger partial charge in [-0.15, -0.1) is 12.4 Å². The minimum Gasteiger partial charge on any atom is -0.342 e. The van der Waals surface area contributed by atoms with Gasteiger partial charge in [0.05, 0.1) is 0 Å². The molecule has 0 N–H and O–H groups in total. The Labute approximate surface area is 193 Å². The maximum Gasteiger partial charge on any atom is 0.226 e. The molecular formula is C26H36ClN3O. The van der Waals surface area contributed by atoms with Crippen molar-refractivity contribution in [2.45, 2.75) is 44.7 Å². The molecule has 1 spiro atoms. The fourth-order valence-electron chi connectivity index (χ4n) is 7.07. The van der Waals surface area contributed by atoms with Crippen LogP contribution in [0.2, 0.25) is 0 Å². The van der Waals surface area contributed by atoms with Crippen LogP contribution in [0.3, 0.4) is 0 Å². The van der Waals surface area contributed by atoms with Gasteiger partial charge in [0.2, 0.25) is 5.91 Å². The molecule has 2 saturated carbocycles. The number of halogens is 1. The quantitative estimate of drug-likeness (QED) is 0.664. The smallest absolute Gasteiger partial charge is 0.226 e. The van der Waals surface area contributed by atoms with Crippen molar-refractivity contribution in [3.05, 3.63) is 48.0 Å². The second kappa shape index (κ2) is 8.53. The van der Waals surface area contributed by atoms with Crippen molar-refractivity contribution in [3.8, 4) is 0 Å². The van der Waals surface area contributed by atoms with E-state index < -0.39 is 0 Å². The monoisotopic (exact) mass is 441 g/mol. The molecule has 0 aromatic heterocycles. The van der Waals surface area contributed by atoms with Crippen LogP contribution in [0.15, 0.2) is 42.5 Å². The molecule has 3 atom stereocenters. The zero-order valence-corrected chi connectivity index (χ0v) is 19.3. The predicted molar refractivity (Wildman–Crippen MR) is 126 cm³/mol. The summed E-state index contributed by atoms with van der Waals surface area (Å²) in [5, 5.41) is 0. The summed E-state index contributed by atoms with van der Waals surface area (Å²) >= 11 is 0. The highest BCUT2D eigenvalue weighted by atomic mass is 35.5. The molecule has 5 heteroatoms. The maximum absolute atomic E-state index is 13.3. The number of carbonyl (C=O) groups is 1. The first-order chi connectivity index (χ1) is 14.7. The summed E-state index contributed by atoms with van der Waals surface area (Å²) in [5.74, 6) is 2.04. The number of piperazine rings is 1. The van der Waals surface area contributed by atoms with Crippen molar-refractivity contribution < 1.29 is 4.79 Å². The standard InChI is InChI=1S/C26H35N3O.ClH/c30-25(23-18-21-6-7-24(23)26(21)10-11-26)29-12-8-22(9-13-29)28-16-14-27(15-17-28)19-20-4-2-1-3-5-20;/h1-7,21-24H,8-19H2;1H. The van der Waals surface area contributed by atoms with Crippen molar-refractivity contribution >= 4 is 18.3 Å². The lowest BCUT2D eigenvalue weighted by Gasteiger charge is -2.43. The van der Waals surface area contributed by atoms with Crippen LogP contribution in [0.1, 0.15) is 37.7 Å². The number of allylic oxidation sites excluding steroid dienone is 2. The topological polar surface area (TPSA) is 26.8 Å². The largest absolute Gasteiger partial charge is 0.342 e. The summed E-state index contributed by atoms with van der Waals surface area (Å²) in [7, 11) is 0. The predicted octanol–water partition coefficient (Wildman–Crippen LogP) is 3.82. The Morgan fingerprint density at radius 1 is 0.935 bits per heavy atom. The van der Waals surface area contributed by atoms with Gasteiger partial charge in [-0.2, -0.15) is 0 Å². The lowest BCUT2D eigenvalue weighted by molar-refractivity contribution is -0.138. The summed E-state index contributed by atoms with van der Waals surface area (Å²) < 4.78 is 0. The Morgan fingerprint density at radius 3 is 2.29 bits per heavy atom. The number of likely N-dealkylation sites (tertiary alicyclic amines) is 1. The molecule has 1 amide bonds. The molecule has 4 fully saturated rings. The normalized spacial score (nSPS) is 32.4. The number of rotatable bonds is 4. The zero-order chi connectivity index (χ0) is 20.1. The lowest BCUT2D eigenvalue weighted by atomic mass is 9.87. The molecule has 6 rings (SSSR count). The van der Waals surface area contributed by atoms with Crippen LogP contribution in [0, 0.1) is 23.2 Å². The Kier molecular flexibility index (Phi) is 5.91. The van der Waals surface area contributed by atoms with E-state index in [1.54, 1.807) is 0 Å². The van der Waals surface area contributed by atoms with Crippen molar-refractivity contribution in [3.63, 3.8) is 0 Å². The molecule has 2 heterocycles. The molecule has 2 aliphatic heterocycles. The Hall–Kier alpha value is -1.36. The third-order valence-corrected chi connectivity index (χ3v) is 8.99.